The van der Waals surface area contributed by atoms with Crippen LogP contribution < -0.4 is 14.2 Å². The molecule has 0 radical (unpaired) electrons. The number of likely N-dealkylation sites (N-methyl/N-ethyl adjacent to an activating group) is 1. The van der Waals surface area contributed by atoms with E-state index < -0.39 is 24.0 Å². The van der Waals surface area contributed by atoms with Gasteiger partial charge in [-0.1, -0.05) is 25.1 Å². The lowest BCUT2D eigenvalue weighted by molar-refractivity contribution is -0.144. The van der Waals surface area contributed by atoms with Crippen LogP contribution in [0.1, 0.15) is 50.3 Å². The number of rotatable bonds is 9. The highest BCUT2D eigenvalue weighted by Crippen LogP contribution is 2.48. The van der Waals surface area contributed by atoms with E-state index in [1.165, 1.54) is 0 Å². The molecule has 8 nitrogen and oxygen atoms in total. The van der Waals surface area contributed by atoms with Crippen LogP contribution in [0.2, 0.25) is 0 Å². The SMILES string of the molecule is CCCN(CC)C(=O)C(C)N1CC(c2ccc3c(c2)OCO3)C(C(=O)O)C1c1ccc(OC)cc1. The number of aliphatic carboxylic acids is 1. The molecule has 1 N–H and O–H groups in total. The third-order valence-corrected chi connectivity index (χ3v) is 7.15. The lowest BCUT2D eigenvalue weighted by Gasteiger charge is -2.34. The molecule has 1 saturated heterocycles. The fourth-order valence-corrected chi connectivity index (χ4v) is 5.34. The summed E-state index contributed by atoms with van der Waals surface area (Å²) in [6.07, 6.45) is 0.867. The summed E-state index contributed by atoms with van der Waals surface area (Å²) in [5.74, 6) is 0.0201. The maximum Gasteiger partial charge on any atom is 0.309 e. The van der Waals surface area contributed by atoms with E-state index in [0.717, 1.165) is 17.5 Å². The Balaban J connectivity index is 1.75. The van der Waals surface area contributed by atoms with Gasteiger partial charge in [0, 0.05) is 31.6 Å². The first kappa shape index (κ1) is 24.9. The highest BCUT2D eigenvalue weighted by Gasteiger charge is 2.50. The molecule has 4 atom stereocenters. The molecule has 0 bridgehead atoms. The Morgan fingerprint density at radius 2 is 1.80 bits per heavy atom. The summed E-state index contributed by atoms with van der Waals surface area (Å²) < 4.78 is 16.3. The summed E-state index contributed by atoms with van der Waals surface area (Å²) in [5, 5.41) is 10.4. The Labute approximate surface area is 206 Å². The van der Waals surface area contributed by atoms with Gasteiger partial charge in [0.15, 0.2) is 11.5 Å². The Morgan fingerprint density at radius 3 is 2.43 bits per heavy atom. The Hall–Kier alpha value is -3.26. The van der Waals surface area contributed by atoms with Crippen molar-refractivity contribution in [2.45, 2.75) is 45.2 Å². The minimum absolute atomic E-state index is 0.0170. The molecule has 2 aliphatic rings. The van der Waals surface area contributed by atoms with E-state index in [4.69, 9.17) is 14.2 Å². The average molecular weight is 483 g/mol. The van der Waals surface area contributed by atoms with Gasteiger partial charge in [0.25, 0.3) is 0 Å². The van der Waals surface area contributed by atoms with Gasteiger partial charge >= 0.3 is 5.97 Å². The van der Waals surface area contributed by atoms with Crippen molar-refractivity contribution in [2.75, 3.05) is 33.5 Å². The third kappa shape index (κ3) is 4.80. The van der Waals surface area contributed by atoms with E-state index in [2.05, 4.69) is 4.90 Å². The number of carboxylic acids is 1. The van der Waals surface area contributed by atoms with Crippen LogP contribution in [0.5, 0.6) is 17.2 Å². The molecule has 2 aromatic carbocycles. The molecule has 8 heteroatoms. The number of ether oxygens (including phenoxy) is 3. The number of carboxylic acid groups (broad SMARTS) is 1. The van der Waals surface area contributed by atoms with Crippen LogP contribution in [-0.2, 0) is 9.59 Å². The fourth-order valence-electron chi connectivity index (χ4n) is 5.34. The van der Waals surface area contributed by atoms with Crippen LogP contribution in [0, 0.1) is 5.92 Å². The van der Waals surface area contributed by atoms with Crippen molar-refractivity contribution >= 4 is 11.9 Å². The molecule has 4 unspecified atom stereocenters. The highest BCUT2D eigenvalue weighted by atomic mass is 16.7. The molecule has 188 valence electrons. The molecule has 0 aliphatic carbocycles. The maximum atomic E-state index is 13.5. The van der Waals surface area contributed by atoms with Gasteiger partial charge in [0.05, 0.1) is 19.1 Å². The van der Waals surface area contributed by atoms with Crippen LogP contribution in [0.3, 0.4) is 0 Å². The number of benzene rings is 2. The van der Waals surface area contributed by atoms with Crippen molar-refractivity contribution < 1.29 is 28.9 Å². The van der Waals surface area contributed by atoms with Crippen LogP contribution in [-0.4, -0.2) is 66.4 Å². The van der Waals surface area contributed by atoms with Crippen molar-refractivity contribution in [3.05, 3.63) is 53.6 Å². The van der Waals surface area contributed by atoms with Crippen molar-refractivity contribution in [1.29, 1.82) is 0 Å². The molecular weight excluding hydrogens is 448 g/mol. The number of hydrogen-bond acceptors (Lipinski definition) is 6. The van der Waals surface area contributed by atoms with Gasteiger partial charge < -0.3 is 24.2 Å². The van der Waals surface area contributed by atoms with Crippen LogP contribution in [0.25, 0.3) is 0 Å². The number of hydrogen-bond donors (Lipinski definition) is 1. The number of methoxy groups -OCH3 is 1. The van der Waals surface area contributed by atoms with Gasteiger partial charge in [-0.2, -0.15) is 0 Å². The molecule has 2 heterocycles. The fraction of sp³-hybridized carbons (Fsp3) is 0.481. The molecule has 35 heavy (non-hydrogen) atoms. The highest BCUT2D eigenvalue weighted by molar-refractivity contribution is 5.82. The molecule has 0 aromatic heterocycles. The standard InChI is InChI=1S/C27H34N2O6/c1-5-13-28(6-2)26(30)17(3)29-15-21(19-9-12-22-23(14-19)35-16-34-22)24(27(31)32)25(29)18-7-10-20(33-4)11-8-18/h7-12,14,17,21,24-25H,5-6,13,15-16H2,1-4H3,(H,31,32). The maximum absolute atomic E-state index is 13.5. The average Bonchev–Trinajstić information content (AvgIpc) is 3.51. The Morgan fingerprint density at radius 1 is 1.11 bits per heavy atom. The van der Waals surface area contributed by atoms with Crippen LogP contribution >= 0.6 is 0 Å². The molecule has 1 fully saturated rings. The van der Waals surface area contributed by atoms with E-state index in [1.54, 1.807) is 7.11 Å². The van der Waals surface area contributed by atoms with E-state index in [-0.39, 0.29) is 18.6 Å². The molecule has 4 rings (SSSR count). The van der Waals surface area contributed by atoms with Crippen molar-refractivity contribution in [2.24, 2.45) is 5.92 Å². The number of nitrogens with zero attached hydrogens (tertiary/aromatic N) is 2. The van der Waals surface area contributed by atoms with Crippen molar-refractivity contribution in [3.8, 4) is 17.2 Å². The van der Waals surface area contributed by atoms with Crippen molar-refractivity contribution in [3.63, 3.8) is 0 Å². The first-order chi connectivity index (χ1) is 16.9. The van der Waals surface area contributed by atoms with E-state index in [9.17, 15) is 14.7 Å². The van der Waals surface area contributed by atoms with E-state index in [1.807, 2.05) is 68.1 Å². The van der Waals surface area contributed by atoms with E-state index in [0.29, 0.717) is 36.9 Å². The minimum atomic E-state index is -0.892. The second-order valence-electron chi connectivity index (χ2n) is 9.09. The summed E-state index contributed by atoms with van der Waals surface area (Å²) in [7, 11) is 1.60. The first-order valence-electron chi connectivity index (χ1n) is 12.2. The summed E-state index contributed by atoms with van der Waals surface area (Å²) in [5.41, 5.74) is 1.71. The van der Waals surface area contributed by atoms with Crippen LogP contribution in [0.15, 0.2) is 42.5 Å². The monoisotopic (exact) mass is 482 g/mol. The first-order valence-corrected chi connectivity index (χ1v) is 12.2. The van der Waals surface area contributed by atoms with Crippen LogP contribution in [0.4, 0.5) is 0 Å². The van der Waals surface area contributed by atoms with Gasteiger partial charge in [-0.05, 0) is 55.7 Å². The smallest absolute Gasteiger partial charge is 0.309 e. The summed E-state index contributed by atoms with van der Waals surface area (Å²) >= 11 is 0. The quantitative estimate of drug-likeness (QED) is 0.580. The summed E-state index contributed by atoms with van der Waals surface area (Å²) in [6.45, 7) is 7.79. The molecule has 2 aliphatic heterocycles. The zero-order valence-corrected chi connectivity index (χ0v) is 20.8. The van der Waals surface area contributed by atoms with Gasteiger partial charge in [-0.15, -0.1) is 0 Å². The number of likely N-dealkylation sites (tertiary alicyclic amines) is 1. The van der Waals surface area contributed by atoms with Crippen molar-refractivity contribution in [1.82, 2.24) is 9.80 Å². The van der Waals surface area contributed by atoms with E-state index >= 15 is 0 Å². The van der Waals surface area contributed by atoms with Gasteiger partial charge in [0.2, 0.25) is 12.7 Å². The lowest BCUT2D eigenvalue weighted by Crippen LogP contribution is -2.47. The molecular formula is C27H34N2O6. The number of carbonyl (C=O) groups excluding carboxylic acids is 1. The van der Waals surface area contributed by atoms with Gasteiger partial charge in [-0.3, -0.25) is 14.5 Å². The zero-order valence-electron chi connectivity index (χ0n) is 20.8. The largest absolute Gasteiger partial charge is 0.497 e. The Bertz CT molecular complexity index is 1060. The molecule has 0 spiro atoms. The predicted octanol–water partition coefficient (Wildman–Crippen LogP) is 3.91. The number of carbonyl (C=O) groups is 2. The molecule has 0 saturated carbocycles. The summed E-state index contributed by atoms with van der Waals surface area (Å²) in [6, 6.07) is 12.1. The Kier molecular flexibility index (Phi) is 7.50. The zero-order chi connectivity index (χ0) is 25.1. The number of fused-ring (bicyclic) bond motifs is 1. The second-order valence-corrected chi connectivity index (χ2v) is 9.09. The topological polar surface area (TPSA) is 88.5 Å². The molecule has 2 aromatic rings. The summed E-state index contributed by atoms with van der Waals surface area (Å²) in [4.78, 5) is 30.1. The van der Waals surface area contributed by atoms with Gasteiger partial charge in [0.1, 0.15) is 5.75 Å². The number of amides is 1. The second kappa shape index (κ2) is 10.6. The minimum Gasteiger partial charge on any atom is -0.497 e. The normalized spacial score (nSPS) is 22.1. The predicted molar refractivity (Wildman–Crippen MR) is 131 cm³/mol. The van der Waals surface area contributed by atoms with Gasteiger partial charge in [-0.25, -0.2) is 0 Å². The third-order valence-electron chi connectivity index (χ3n) is 7.15. The molecule has 1 amide bonds. The lowest BCUT2D eigenvalue weighted by atomic mass is 9.82.